The second-order valence-electron chi connectivity index (χ2n) is 5.50. The SMILES string of the molecule is COc1cc(Cl)c(C)cc1NC(=O)CCN1CCCCC1. The van der Waals surface area contributed by atoms with Crippen molar-refractivity contribution < 1.29 is 9.53 Å². The number of anilines is 1. The summed E-state index contributed by atoms with van der Waals surface area (Å²) in [7, 11) is 1.57. The summed E-state index contributed by atoms with van der Waals surface area (Å²) in [4.78, 5) is 14.4. The number of hydrogen-bond acceptors (Lipinski definition) is 3. The van der Waals surface area contributed by atoms with Crippen molar-refractivity contribution in [1.29, 1.82) is 0 Å². The molecule has 0 atom stereocenters. The highest BCUT2D eigenvalue weighted by Gasteiger charge is 2.13. The molecule has 1 N–H and O–H groups in total. The Morgan fingerprint density at radius 2 is 2.05 bits per heavy atom. The zero-order valence-corrected chi connectivity index (χ0v) is 13.5. The van der Waals surface area contributed by atoms with Gasteiger partial charge in [0.1, 0.15) is 5.75 Å². The molecule has 1 fully saturated rings. The number of carbonyl (C=O) groups excluding carboxylic acids is 1. The van der Waals surface area contributed by atoms with E-state index in [1.807, 2.05) is 13.0 Å². The lowest BCUT2D eigenvalue weighted by atomic mass is 10.1. The first kappa shape index (κ1) is 16.1. The first-order valence-corrected chi connectivity index (χ1v) is 7.84. The zero-order chi connectivity index (χ0) is 15.2. The molecule has 1 aliphatic rings. The quantitative estimate of drug-likeness (QED) is 0.905. The van der Waals surface area contributed by atoms with E-state index in [1.54, 1.807) is 13.2 Å². The Kier molecular flexibility index (Phi) is 5.88. The van der Waals surface area contributed by atoms with E-state index >= 15 is 0 Å². The predicted molar refractivity (Wildman–Crippen MR) is 86.3 cm³/mol. The molecule has 1 aromatic rings. The van der Waals surface area contributed by atoms with E-state index in [2.05, 4.69) is 10.2 Å². The molecule has 0 bridgehead atoms. The number of ether oxygens (including phenoxy) is 1. The van der Waals surface area contributed by atoms with E-state index in [0.717, 1.165) is 25.2 Å². The number of likely N-dealkylation sites (tertiary alicyclic amines) is 1. The molecule has 1 amide bonds. The van der Waals surface area contributed by atoms with Gasteiger partial charge in [0.15, 0.2) is 0 Å². The molecule has 0 saturated carbocycles. The third-order valence-electron chi connectivity index (χ3n) is 3.86. The van der Waals surface area contributed by atoms with Crippen molar-refractivity contribution in [2.24, 2.45) is 0 Å². The third kappa shape index (κ3) is 4.61. The van der Waals surface area contributed by atoms with Crippen LogP contribution in [-0.4, -0.2) is 37.6 Å². The van der Waals surface area contributed by atoms with Gasteiger partial charge in [0, 0.05) is 24.1 Å². The lowest BCUT2D eigenvalue weighted by Crippen LogP contribution is -2.32. The number of amides is 1. The van der Waals surface area contributed by atoms with Gasteiger partial charge in [-0.25, -0.2) is 0 Å². The van der Waals surface area contributed by atoms with E-state index in [4.69, 9.17) is 16.3 Å². The normalized spacial score (nSPS) is 15.8. The summed E-state index contributed by atoms with van der Waals surface area (Å²) in [5.41, 5.74) is 1.60. The molecular formula is C16H23ClN2O2. The van der Waals surface area contributed by atoms with E-state index in [9.17, 15) is 4.79 Å². The average Bonchev–Trinajstić information content (AvgIpc) is 2.49. The highest BCUT2D eigenvalue weighted by molar-refractivity contribution is 6.31. The van der Waals surface area contributed by atoms with Crippen molar-refractivity contribution in [2.45, 2.75) is 32.6 Å². The molecule has 4 nitrogen and oxygen atoms in total. The second-order valence-corrected chi connectivity index (χ2v) is 5.91. The highest BCUT2D eigenvalue weighted by atomic mass is 35.5. The third-order valence-corrected chi connectivity index (χ3v) is 4.27. The monoisotopic (exact) mass is 310 g/mol. The summed E-state index contributed by atoms with van der Waals surface area (Å²) in [6.45, 7) is 4.94. The van der Waals surface area contributed by atoms with Gasteiger partial charge in [-0.1, -0.05) is 18.0 Å². The minimum absolute atomic E-state index is 0.0144. The van der Waals surface area contributed by atoms with Crippen LogP contribution < -0.4 is 10.1 Å². The molecule has 5 heteroatoms. The molecule has 0 aliphatic carbocycles. The molecule has 1 saturated heterocycles. The van der Waals surface area contributed by atoms with Gasteiger partial charge in [0.05, 0.1) is 12.8 Å². The number of piperidine rings is 1. The maximum atomic E-state index is 12.1. The van der Waals surface area contributed by atoms with Crippen LogP contribution in [0, 0.1) is 6.92 Å². The molecule has 1 heterocycles. The Hall–Kier alpha value is -1.26. The van der Waals surface area contributed by atoms with Gasteiger partial charge in [0.2, 0.25) is 5.91 Å². The Balaban J connectivity index is 1.91. The number of rotatable bonds is 5. The van der Waals surface area contributed by atoms with Gasteiger partial charge in [-0.15, -0.1) is 0 Å². The first-order chi connectivity index (χ1) is 10.1. The van der Waals surface area contributed by atoms with Crippen molar-refractivity contribution in [1.82, 2.24) is 4.90 Å². The Labute approximate surface area is 131 Å². The van der Waals surface area contributed by atoms with Crippen molar-refractivity contribution in [3.05, 3.63) is 22.7 Å². The topological polar surface area (TPSA) is 41.6 Å². The molecule has 0 unspecified atom stereocenters. The maximum Gasteiger partial charge on any atom is 0.225 e. The Morgan fingerprint density at radius 1 is 1.33 bits per heavy atom. The first-order valence-electron chi connectivity index (χ1n) is 7.46. The number of methoxy groups -OCH3 is 1. The van der Waals surface area contributed by atoms with Crippen LogP contribution in [-0.2, 0) is 4.79 Å². The lowest BCUT2D eigenvalue weighted by molar-refractivity contribution is -0.116. The standard InChI is InChI=1S/C16H23ClN2O2/c1-12-10-14(15(21-2)11-13(12)17)18-16(20)6-9-19-7-4-3-5-8-19/h10-11H,3-9H2,1-2H3,(H,18,20). The molecule has 116 valence electrons. The summed E-state index contributed by atoms with van der Waals surface area (Å²) in [5, 5.41) is 3.56. The summed E-state index contributed by atoms with van der Waals surface area (Å²) in [5.74, 6) is 0.609. The number of benzene rings is 1. The van der Waals surface area contributed by atoms with Gasteiger partial charge in [-0.2, -0.15) is 0 Å². The summed E-state index contributed by atoms with van der Waals surface area (Å²) in [6.07, 6.45) is 4.30. The van der Waals surface area contributed by atoms with Gasteiger partial charge in [0.25, 0.3) is 0 Å². The summed E-state index contributed by atoms with van der Waals surface area (Å²) in [6, 6.07) is 3.58. The van der Waals surface area contributed by atoms with Crippen LogP contribution in [0.15, 0.2) is 12.1 Å². The summed E-state index contributed by atoms with van der Waals surface area (Å²) < 4.78 is 5.27. The predicted octanol–water partition coefficient (Wildman–Crippen LogP) is 3.47. The minimum atomic E-state index is 0.0144. The van der Waals surface area contributed by atoms with Crippen LogP contribution in [0.2, 0.25) is 5.02 Å². The van der Waals surface area contributed by atoms with Crippen molar-refractivity contribution >= 4 is 23.2 Å². The number of halogens is 1. The fourth-order valence-electron chi connectivity index (χ4n) is 2.59. The van der Waals surface area contributed by atoms with Crippen molar-refractivity contribution in [3.8, 4) is 5.75 Å². The van der Waals surface area contributed by atoms with E-state index in [0.29, 0.717) is 22.9 Å². The van der Waals surface area contributed by atoms with Crippen LogP contribution in [0.3, 0.4) is 0 Å². The van der Waals surface area contributed by atoms with Gasteiger partial charge >= 0.3 is 0 Å². The van der Waals surface area contributed by atoms with E-state index < -0.39 is 0 Å². The molecule has 1 aromatic carbocycles. The molecule has 21 heavy (non-hydrogen) atoms. The largest absolute Gasteiger partial charge is 0.495 e. The molecule has 0 aromatic heterocycles. The van der Waals surface area contributed by atoms with E-state index in [-0.39, 0.29) is 5.91 Å². The number of aryl methyl sites for hydroxylation is 1. The van der Waals surface area contributed by atoms with Gasteiger partial charge in [-0.3, -0.25) is 4.79 Å². The van der Waals surface area contributed by atoms with Crippen LogP contribution in [0.1, 0.15) is 31.2 Å². The van der Waals surface area contributed by atoms with Crippen LogP contribution >= 0.6 is 11.6 Å². The van der Waals surface area contributed by atoms with Crippen LogP contribution in [0.5, 0.6) is 5.75 Å². The number of carbonyl (C=O) groups is 1. The van der Waals surface area contributed by atoms with Crippen molar-refractivity contribution in [3.63, 3.8) is 0 Å². The number of nitrogens with one attached hydrogen (secondary N) is 1. The fraction of sp³-hybridized carbons (Fsp3) is 0.562. The molecule has 0 spiro atoms. The Morgan fingerprint density at radius 3 is 2.71 bits per heavy atom. The minimum Gasteiger partial charge on any atom is -0.495 e. The van der Waals surface area contributed by atoms with Crippen LogP contribution in [0.4, 0.5) is 5.69 Å². The van der Waals surface area contributed by atoms with Gasteiger partial charge in [-0.05, 0) is 44.5 Å². The number of hydrogen-bond donors (Lipinski definition) is 1. The van der Waals surface area contributed by atoms with Crippen molar-refractivity contribution in [2.75, 3.05) is 32.1 Å². The fourth-order valence-corrected chi connectivity index (χ4v) is 2.74. The Bertz CT molecular complexity index is 499. The molecular weight excluding hydrogens is 288 g/mol. The second kappa shape index (κ2) is 7.66. The number of nitrogens with zero attached hydrogens (tertiary/aromatic N) is 1. The van der Waals surface area contributed by atoms with Gasteiger partial charge < -0.3 is 15.0 Å². The van der Waals surface area contributed by atoms with Crippen LogP contribution in [0.25, 0.3) is 0 Å². The molecule has 1 aliphatic heterocycles. The highest BCUT2D eigenvalue weighted by Crippen LogP contribution is 2.31. The zero-order valence-electron chi connectivity index (χ0n) is 12.7. The molecule has 0 radical (unpaired) electrons. The van der Waals surface area contributed by atoms with E-state index in [1.165, 1.54) is 19.3 Å². The average molecular weight is 311 g/mol. The maximum absolute atomic E-state index is 12.1. The lowest BCUT2D eigenvalue weighted by Gasteiger charge is -2.26. The summed E-state index contributed by atoms with van der Waals surface area (Å²) >= 11 is 6.06. The molecule has 2 rings (SSSR count). The smallest absolute Gasteiger partial charge is 0.225 e.